The number of carboxylic acids is 1. The number of aliphatic carboxylic acids is 1. The van der Waals surface area contributed by atoms with E-state index in [0.717, 1.165) is 19.5 Å². The Kier molecular flexibility index (Phi) is 4.59. The number of carbonyl (C=O) groups excluding carboxylic acids is 1. The summed E-state index contributed by atoms with van der Waals surface area (Å²) in [4.78, 5) is 24.2. The maximum atomic E-state index is 11.9. The lowest BCUT2D eigenvalue weighted by Gasteiger charge is -2.27. The molecule has 1 rings (SSSR count). The van der Waals surface area contributed by atoms with E-state index in [2.05, 4.69) is 26.1 Å². The van der Waals surface area contributed by atoms with E-state index >= 15 is 0 Å². The Bertz CT molecular complexity index is 323. The summed E-state index contributed by atoms with van der Waals surface area (Å²) in [5.74, 6) is -0.380. The van der Waals surface area contributed by atoms with Crippen LogP contribution in [0.3, 0.4) is 0 Å². The molecule has 1 aliphatic heterocycles. The molecule has 0 aliphatic carbocycles. The molecule has 5 heteroatoms. The van der Waals surface area contributed by atoms with Crippen LogP contribution in [-0.2, 0) is 4.79 Å². The first-order valence-electron chi connectivity index (χ1n) is 6.47. The SMILES string of the molecule is CC(CC(=O)O)NC(=O)N1CCC(C(C)(C)C)C1. The largest absolute Gasteiger partial charge is 0.481 e. The number of nitrogens with one attached hydrogen (secondary N) is 1. The van der Waals surface area contributed by atoms with Gasteiger partial charge in [-0.05, 0) is 24.7 Å². The van der Waals surface area contributed by atoms with Crippen molar-refractivity contribution in [3.8, 4) is 0 Å². The standard InChI is InChI=1S/C13H24N2O3/c1-9(7-11(16)17)14-12(18)15-6-5-10(8-15)13(2,3)4/h9-10H,5-8H2,1-4H3,(H,14,18)(H,16,17). The van der Waals surface area contributed by atoms with Crippen molar-refractivity contribution in [3.05, 3.63) is 0 Å². The molecule has 5 nitrogen and oxygen atoms in total. The highest BCUT2D eigenvalue weighted by atomic mass is 16.4. The average molecular weight is 256 g/mol. The van der Waals surface area contributed by atoms with Crippen LogP contribution in [0, 0.1) is 11.3 Å². The molecule has 18 heavy (non-hydrogen) atoms. The zero-order chi connectivity index (χ0) is 13.9. The molecule has 2 amide bonds. The lowest BCUT2D eigenvalue weighted by atomic mass is 9.80. The van der Waals surface area contributed by atoms with Gasteiger partial charge in [-0.2, -0.15) is 0 Å². The van der Waals surface area contributed by atoms with Crippen molar-refractivity contribution in [1.82, 2.24) is 10.2 Å². The van der Waals surface area contributed by atoms with Crippen molar-refractivity contribution < 1.29 is 14.7 Å². The second kappa shape index (κ2) is 5.59. The number of hydrogen-bond donors (Lipinski definition) is 2. The molecule has 0 aromatic rings. The average Bonchev–Trinajstić information content (AvgIpc) is 2.63. The molecular formula is C13H24N2O3. The number of likely N-dealkylation sites (tertiary alicyclic amines) is 1. The smallest absolute Gasteiger partial charge is 0.317 e. The van der Waals surface area contributed by atoms with E-state index in [1.165, 1.54) is 0 Å². The highest BCUT2D eigenvalue weighted by Gasteiger charge is 2.34. The first kappa shape index (κ1) is 14.8. The summed E-state index contributed by atoms with van der Waals surface area (Å²) in [7, 11) is 0. The molecule has 2 atom stereocenters. The van der Waals surface area contributed by atoms with E-state index < -0.39 is 5.97 Å². The predicted octanol–water partition coefficient (Wildman–Crippen LogP) is 1.93. The van der Waals surface area contributed by atoms with Gasteiger partial charge < -0.3 is 15.3 Å². The van der Waals surface area contributed by atoms with E-state index in [-0.39, 0.29) is 23.9 Å². The van der Waals surface area contributed by atoms with Gasteiger partial charge in [-0.15, -0.1) is 0 Å². The molecule has 0 aromatic carbocycles. The van der Waals surface area contributed by atoms with Crippen LogP contribution in [0.15, 0.2) is 0 Å². The first-order valence-corrected chi connectivity index (χ1v) is 6.47. The molecule has 1 saturated heterocycles. The molecular weight excluding hydrogens is 232 g/mol. The van der Waals surface area contributed by atoms with Crippen molar-refractivity contribution in [1.29, 1.82) is 0 Å². The minimum absolute atomic E-state index is 0.0394. The minimum atomic E-state index is -0.892. The second-order valence-corrected chi connectivity index (χ2v) is 6.25. The lowest BCUT2D eigenvalue weighted by Crippen LogP contribution is -2.43. The van der Waals surface area contributed by atoms with Crippen LogP contribution < -0.4 is 5.32 Å². The number of amides is 2. The van der Waals surface area contributed by atoms with Gasteiger partial charge in [-0.1, -0.05) is 20.8 Å². The number of rotatable bonds is 3. The number of nitrogens with zero attached hydrogens (tertiary/aromatic N) is 1. The number of urea groups is 1. The van der Waals surface area contributed by atoms with Gasteiger partial charge in [0, 0.05) is 19.1 Å². The summed E-state index contributed by atoms with van der Waals surface area (Å²) in [5, 5.41) is 11.4. The van der Waals surface area contributed by atoms with Gasteiger partial charge in [-0.3, -0.25) is 4.79 Å². The summed E-state index contributed by atoms with van der Waals surface area (Å²) in [6.45, 7) is 9.79. The fraction of sp³-hybridized carbons (Fsp3) is 0.846. The van der Waals surface area contributed by atoms with E-state index in [0.29, 0.717) is 5.92 Å². The normalized spacial score (nSPS) is 21.8. The van der Waals surface area contributed by atoms with E-state index in [1.54, 1.807) is 11.8 Å². The van der Waals surface area contributed by atoms with Gasteiger partial charge in [0.25, 0.3) is 0 Å². The molecule has 0 spiro atoms. The van der Waals surface area contributed by atoms with Crippen LogP contribution in [0.2, 0.25) is 0 Å². The van der Waals surface area contributed by atoms with E-state index in [1.807, 2.05) is 0 Å². The fourth-order valence-electron chi connectivity index (χ4n) is 2.27. The van der Waals surface area contributed by atoms with Gasteiger partial charge in [0.1, 0.15) is 0 Å². The number of hydrogen-bond acceptors (Lipinski definition) is 2. The molecule has 0 saturated carbocycles. The Morgan fingerprint density at radius 1 is 1.44 bits per heavy atom. The predicted molar refractivity (Wildman–Crippen MR) is 69.4 cm³/mol. The van der Waals surface area contributed by atoms with Crippen molar-refractivity contribution >= 4 is 12.0 Å². The molecule has 104 valence electrons. The van der Waals surface area contributed by atoms with E-state index in [4.69, 9.17) is 5.11 Å². The quantitative estimate of drug-likeness (QED) is 0.810. The number of carbonyl (C=O) groups is 2. The molecule has 1 aliphatic rings. The zero-order valence-corrected chi connectivity index (χ0v) is 11.7. The Morgan fingerprint density at radius 2 is 2.06 bits per heavy atom. The van der Waals surface area contributed by atoms with Gasteiger partial charge in [-0.25, -0.2) is 4.79 Å². The van der Waals surface area contributed by atoms with Crippen LogP contribution in [0.4, 0.5) is 4.79 Å². The number of carboxylic acid groups (broad SMARTS) is 1. The molecule has 0 radical (unpaired) electrons. The highest BCUT2D eigenvalue weighted by molar-refractivity contribution is 5.76. The third kappa shape index (κ3) is 4.20. The summed E-state index contributed by atoms with van der Waals surface area (Å²) in [6, 6.07) is -0.473. The van der Waals surface area contributed by atoms with Crippen LogP contribution in [0.25, 0.3) is 0 Å². The molecule has 1 fully saturated rings. The van der Waals surface area contributed by atoms with Crippen molar-refractivity contribution in [3.63, 3.8) is 0 Å². The molecule has 0 bridgehead atoms. The third-order valence-electron chi connectivity index (χ3n) is 3.55. The summed E-state index contributed by atoms with van der Waals surface area (Å²) < 4.78 is 0. The third-order valence-corrected chi connectivity index (χ3v) is 3.55. The van der Waals surface area contributed by atoms with Crippen molar-refractivity contribution in [2.75, 3.05) is 13.1 Å². The topological polar surface area (TPSA) is 69.6 Å². The van der Waals surface area contributed by atoms with E-state index in [9.17, 15) is 9.59 Å². The Labute approximate surface area is 109 Å². The molecule has 0 aromatic heterocycles. The highest BCUT2D eigenvalue weighted by Crippen LogP contribution is 2.33. The van der Waals surface area contributed by atoms with Crippen LogP contribution >= 0.6 is 0 Å². The maximum absolute atomic E-state index is 11.9. The lowest BCUT2D eigenvalue weighted by molar-refractivity contribution is -0.137. The van der Waals surface area contributed by atoms with Gasteiger partial charge in [0.2, 0.25) is 0 Å². The molecule has 2 unspecified atom stereocenters. The Hall–Kier alpha value is -1.26. The van der Waals surface area contributed by atoms with Gasteiger partial charge >= 0.3 is 12.0 Å². The van der Waals surface area contributed by atoms with Gasteiger partial charge in [0.05, 0.1) is 6.42 Å². The van der Waals surface area contributed by atoms with Crippen molar-refractivity contribution in [2.45, 2.75) is 46.6 Å². The Morgan fingerprint density at radius 3 is 2.50 bits per heavy atom. The second-order valence-electron chi connectivity index (χ2n) is 6.25. The van der Waals surface area contributed by atoms with Crippen LogP contribution in [-0.4, -0.2) is 41.1 Å². The monoisotopic (exact) mass is 256 g/mol. The molecule has 1 heterocycles. The Balaban J connectivity index is 2.43. The fourth-order valence-corrected chi connectivity index (χ4v) is 2.27. The van der Waals surface area contributed by atoms with Crippen LogP contribution in [0.5, 0.6) is 0 Å². The maximum Gasteiger partial charge on any atom is 0.317 e. The van der Waals surface area contributed by atoms with Crippen molar-refractivity contribution in [2.24, 2.45) is 11.3 Å². The summed E-state index contributed by atoms with van der Waals surface area (Å²) in [5.41, 5.74) is 0.210. The zero-order valence-electron chi connectivity index (χ0n) is 11.7. The summed E-state index contributed by atoms with van der Waals surface area (Å²) in [6.07, 6.45) is 0.979. The molecule has 2 N–H and O–H groups in total. The minimum Gasteiger partial charge on any atom is -0.481 e. The van der Waals surface area contributed by atoms with Gasteiger partial charge in [0.15, 0.2) is 0 Å². The van der Waals surface area contributed by atoms with Crippen LogP contribution in [0.1, 0.15) is 40.5 Å². The summed E-state index contributed by atoms with van der Waals surface area (Å²) >= 11 is 0. The first-order chi connectivity index (χ1) is 8.20.